The van der Waals surface area contributed by atoms with E-state index in [1.807, 2.05) is 38.1 Å². The van der Waals surface area contributed by atoms with E-state index in [1.54, 1.807) is 11.4 Å². The summed E-state index contributed by atoms with van der Waals surface area (Å²) in [5.41, 5.74) is 2.83. The van der Waals surface area contributed by atoms with Crippen molar-refractivity contribution in [2.24, 2.45) is 5.92 Å². The van der Waals surface area contributed by atoms with E-state index in [4.69, 9.17) is 4.52 Å². The summed E-state index contributed by atoms with van der Waals surface area (Å²) in [6.07, 6.45) is 1.62. The minimum atomic E-state index is -3.62. The standard InChI is InChI=1S/C22H26N4O4S2/c1-3-19-24-21(25-30-19)18-12-20(31-14-18)32(28,29)26-9-7-17(8-10-26)22(27)23-13-16-6-4-5-15(2)11-16/h4-6,11-12,14,17H,3,7-10,13H2,1-2H3,(H,23,27). The molecule has 1 saturated heterocycles. The van der Waals surface area contributed by atoms with Gasteiger partial charge in [-0.3, -0.25) is 4.79 Å². The number of thiophene rings is 1. The second-order valence-electron chi connectivity index (χ2n) is 7.90. The lowest BCUT2D eigenvalue weighted by atomic mass is 9.97. The molecule has 1 N–H and O–H groups in total. The number of piperidine rings is 1. The molecule has 32 heavy (non-hydrogen) atoms. The number of hydrogen-bond donors (Lipinski definition) is 1. The van der Waals surface area contributed by atoms with Crippen LogP contribution in [0.5, 0.6) is 0 Å². The zero-order valence-corrected chi connectivity index (χ0v) is 19.7. The van der Waals surface area contributed by atoms with Crippen LogP contribution < -0.4 is 5.32 Å². The van der Waals surface area contributed by atoms with Gasteiger partial charge >= 0.3 is 0 Å². The molecule has 0 atom stereocenters. The third-order valence-electron chi connectivity index (χ3n) is 5.57. The second-order valence-corrected chi connectivity index (χ2v) is 11.0. The smallest absolute Gasteiger partial charge is 0.252 e. The van der Waals surface area contributed by atoms with E-state index in [0.29, 0.717) is 56.2 Å². The molecule has 2 aromatic heterocycles. The maximum Gasteiger partial charge on any atom is 0.252 e. The topological polar surface area (TPSA) is 105 Å². The highest BCUT2D eigenvalue weighted by atomic mass is 32.2. The van der Waals surface area contributed by atoms with Gasteiger partial charge in [-0.05, 0) is 31.4 Å². The number of carbonyl (C=O) groups excluding carboxylic acids is 1. The molecule has 1 aromatic carbocycles. The first-order valence-electron chi connectivity index (χ1n) is 10.6. The molecule has 0 unspecified atom stereocenters. The monoisotopic (exact) mass is 474 g/mol. The van der Waals surface area contributed by atoms with Crippen LogP contribution in [0.25, 0.3) is 11.4 Å². The minimum Gasteiger partial charge on any atom is -0.352 e. The number of nitrogens with one attached hydrogen (secondary N) is 1. The molecule has 1 fully saturated rings. The van der Waals surface area contributed by atoms with Crippen LogP contribution in [0.15, 0.2) is 44.4 Å². The Hall–Kier alpha value is -2.56. The first-order valence-corrected chi connectivity index (χ1v) is 12.9. The Morgan fingerprint density at radius 1 is 1.28 bits per heavy atom. The van der Waals surface area contributed by atoms with Crippen molar-refractivity contribution in [1.29, 1.82) is 0 Å². The quantitative estimate of drug-likeness (QED) is 0.563. The lowest BCUT2D eigenvalue weighted by Gasteiger charge is -2.30. The van der Waals surface area contributed by atoms with Gasteiger partial charge in [-0.15, -0.1) is 11.3 Å². The molecule has 0 spiro atoms. The largest absolute Gasteiger partial charge is 0.352 e. The molecular weight excluding hydrogens is 448 g/mol. The number of amides is 1. The van der Waals surface area contributed by atoms with Gasteiger partial charge in [-0.1, -0.05) is 41.9 Å². The highest BCUT2D eigenvalue weighted by Gasteiger charge is 2.33. The summed E-state index contributed by atoms with van der Waals surface area (Å²) in [5, 5.41) is 8.61. The number of benzene rings is 1. The van der Waals surface area contributed by atoms with Crippen LogP contribution in [0.4, 0.5) is 0 Å². The summed E-state index contributed by atoms with van der Waals surface area (Å²) in [6.45, 7) is 5.05. The van der Waals surface area contributed by atoms with Gasteiger partial charge < -0.3 is 9.84 Å². The second kappa shape index (κ2) is 9.51. The van der Waals surface area contributed by atoms with Crippen LogP contribution >= 0.6 is 11.3 Å². The zero-order valence-electron chi connectivity index (χ0n) is 18.1. The molecule has 3 heterocycles. The van der Waals surface area contributed by atoms with Crippen molar-refractivity contribution >= 4 is 27.3 Å². The van der Waals surface area contributed by atoms with Crippen LogP contribution in [-0.2, 0) is 27.8 Å². The third-order valence-corrected chi connectivity index (χ3v) is 8.89. The third kappa shape index (κ3) is 4.92. The normalized spacial score (nSPS) is 15.7. The van der Waals surface area contributed by atoms with Crippen molar-refractivity contribution in [3.8, 4) is 11.4 Å². The average Bonchev–Trinajstić information content (AvgIpc) is 3.47. The van der Waals surface area contributed by atoms with Gasteiger partial charge in [-0.2, -0.15) is 9.29 Å². The van der Waals surface area contributed by atoms with Gasteiger partial charge in [0.05, 0.1) is 0 Å². The van der Waals surface area contributed by atoms with Gasteiger partial charge in [0.2, 0.25) is 17.6 Å². The lowest BCUT2D eigenvalue weighted by molar-refractivity contribution is -0.126. The minimum absolute atomic E-state index is 0.0224. The predicted octanol–water partition coefficient (Wildman–Crippen LogP) is 3.39. The number of hydrogen-bond acceptors (Lipinski definition) is 7. The fraction of sp³-hybridized carbons (Fsp3) is 0.409. The summed E-state index contributed by atoms with van der Waals surface area (Å²) in [4.78, 5) is 16.8. The highest BCUT2D eigenvalue weighted by Crippen LogP contribution is 2.31. The van der Waals surface area contributed by atoms with E-state index in [-0.39, 0.29) is 16.0 Å². The molecule has 4 rings (SSSR count). The Kier molecular flexibility index (Phi) is 6.73. The van der Waals surface area contributed by atoms with E-state index >= 15 is 0 Å². The van der Waals surface area contributed by atoms with Crippen molar-refractivity contribution in [2.75, 3.05) is 13.1 Å². The maximum atomic E-state index is 13.1. The van der Waals surface area contributed by atoms with Crippen molar-refractivity contribution in [3.63, 3.8) is 0 Å². The molecule has 0 bridgehead atoms. The molecule has 10 heteroatoms. The van der Waals surface area contributed by atoms with Crippen LogP contribution in [0.3, 0.4) is 0 Å². The number of nitrogens with zero attached hydrogens (tertiary/aromatic N) is 3. The number of aryl methyl sites for hydroxylation is 2. The molecule has 1 amide bonds. The van der Waals surface area contributed by atoms with Gasteiger partial charge in [-0.25, -0.2) is 8.42 Å². The molecule has 170 valence electrons. The molecule has 1 aliphatic heterocycles. The summed E-state index contributed by atoms with van der Waals surface area (Å²) < 4.78 is 33.0. The van der Waals surface area contributed by atoms with E-state index < -0.39 is 10.0 Å². The zero-order chi connectivity index (χ0) is 22.7. The number of carbonyl (C=O) groups is 1. The highest BCUT2D eigenvalue weighted by molar-refractivity contribution is 7.91. The number of aromatic nitrogens is 2. The van der Waals surface area contributed by atoms with Crippen LogP contribution in [0.2, 0.25) is 0 Å². The summed E-state index contributed by atoms with van der Waals surface area (Å²) in [6, 6.07) is 9.60. The Labute approximate surface area is 191 Å². The Morgan fingerprint density at radius 3 is 2.75 bits per heavy atom. The van der Waals surface area contributed by atoms with Crippen molar-refractivity contribution in [1.82, 2.24) is 19.8 Å². The SMILES string of the molecule is CCc1nc(-c2csc(S(=O)(=O)N3CCC(C(=O)NCc4cccc(C)c4)CC3)c2)no1. The van der Waals surface area contributed by atoms with Gasteiger partial charge in [0.1, 0.15) is 4.21 Å². The summed E-state index contributed by atoms with van der Waals surface area (Å²) >= 11 is 1.15. The van der Waals surface area contributed by atoms with Crippen molar-refractivity contribution in [2.45, 2.75) is 43.9 Å². The number of sulfonamides is 1. The Bertz CT molecular complexity index is 1190. The molecule has 8 nitrogen and oxygen atoms in total. The molecule has 0 saturated carbocycles. The fourth-order valence-electron chi connectivity index (χ4n) is 3.73. The maximum absolute atomic E-state index is 13.1. The predicted molar refractivity (Wildman–Crippen MR) is 121 cm³/mol. The number of rotatable bonds is 7. The van der Waals surface area contributed by atoms with Gasteiger partial charge in [0.15, 0.2) is 0 Å². The van der Waals surface area contributed by atoms with Crippen molar-refractivity contribution < 1.29 is 17.7 Å². The van der Waals surface area contributed by atoms with E-state index in [9.17, 15) is 13.2 Å². The molecule has 3 aromatic rings. The average molecular weight is 475 g/mol. The molecule has 0 radical (unpaired) electrons. The Balaban J connectivity index is 1.34. The van der Waals surface area contributed by atoms with Crippen molar-refractivity contribution in [3.05, 3.63) is 52.7 Å². The van der Waals surface area contributed by atoms with Gasteiger partial charge in [0.25, 0.3) is 10.0 Å². The van der Waals surface area contributed by atoms with Gasteiger partial charge in [0, 0.05) is 42.9 Å². The fourth-order valence-corrected chi connectivity index (χ4v) is 6.51. The summed E-state index contributed by atoms with van der Waals surface area (Å²) in [7, 11) is -3.62. The van der Waals surface area contributed by atoms with Crippen LogP contribution in [-0.4, -0.2) is 41.9 Å². The van der Waals surface area contributed by atoms with Crippen LogP contribution in [0, 0.1) is 12.8 Å². The molecular formula is C22H26N4O4S2. The first kappa shape index (κ1) is 22.6. The first-order chi connectivity index (χ1) is 15.4. The molecule has 1 aliphatic rings. The van der Waals surface area contributed by atoms with Crippen LogP contribution in [0.1, 0.15) is 36.8 Å². The van der Waals surface area contributed by atoms with E-state index in [0.717, 1.165) is 22.5 Å². The van der Waals surface area contributed by atoms with E-state index in [2.05, 4.69) is 15.5 Å². The summed E-state index contributed by atoms with van der Waals surface area (Å²) in [5.74, 6) is 0.699. The van der Waals surface area contributed by atoms with E-state index in [1.165, 1.54) is 4.31 Å². The lowest BCUT2D eigenvalue weighted by Crippen LogP contribution is -2.42. The Morgan fingerprint density at radius 2 is 2.06 bits per heavy atom. The molecule has 0 aliphatic carbocycles.